The van der Waals surface area contributed by atoms with Crippen LogP contribution in [-0.4, -0.2) is 35.1 Å². The third-order valence-electron chi connectivity index (χ3n) is 5.68. The van der Waals surface area contributed by atoms with E-state index in [9.17, 15) is 37.6 Å². The summed E-state index contributed by atoms with van der Waals surface area (Å²) in [6, 6.07) is 10.6. The molecule has 5 rings (SSSR count). The summed E-state index contributed by atoms with van der Waals surface area (Å²) >= 11 is 0.587. The topological polar surface area (TPSA) is 161 Å². The minimum atomic E-state index is -4.19. The van der Waals surface area contributed by atoms with E-state index in [4.69, 9.17) is 4.42 Å². The van der Waals surface area contributed by atoms with Crippen molar-refractivity contribution in [3.63, 3.8) is 0 Å². The summed E-state index contributed by atoms with van der Waals surface area (Å²) in [4.78, 5) is 41.4. The Kier molecular flexibility index (Phi) is 6.12. The highest BCUT2D eigenvalue weighted by Crippen LogP contribution is 2.44. The van der Waals surface area contributed by atoms with Crippen LogP contribution in [0.25, 0.3) is 0 Å². The number of aromatic nitrogens is 1. The Bertz CT molecular complexity index is 1710. The molecule has 0 saturated heterocycles. The quantitative estimate of drug-likeness (QED) is 0.198. The van der Waals surface area contributed by atoms with Crippen molar-refractivity contribution in [1.82, 2.24) is 4.98 Å². The zero-order chi connectivity index (χ0) is 27.2. The molecule has 0 bridgehead atoms. The molecule has 0 radical (unpaired) electrons. The van der Waals surface area contributed by atoms with Gasteiger partial charge in [0, 0.05) is 12.1 Å². The summed E-state index contributed by atoms with van der Waals surface area (Å²) in [5.74, 6) is -3.46. The largest absolute Gasteiger partial charge is 0.503 e. The summed E-state index contributed by atoms with van der Waals surface area (Å²) in [6.07, 6.45) is 2.23. The number of benzene rings is 2. The summed E-state index contributed by atoms with van der Waals surface area (Å²) in [5.41, 5.74) is -0.408. The predicted molar refractivity (Wildman–Crippen MR) is 130 cm³/mol. The van der Waals surface area contributed by atoms with E-state index in [1.54, 1.807) is 0 Å². The van der Waals surface area contributed by atoms with Crippen LogP contribution in [0.3, 0.4) is 0 Å². The van der Waals surface area contributed by atoms with Crippen LogP contribution >= 0.6 is 11.3 Å². The van der Waals surface area contributed by atoms with Crippen molar-refractivity contribution in [2.75, 3.05) is 4.90 Å². The SMILES string of the molecule is O=C(C1=C(O)C(=O)N(c2ncc(S(=O)(=O)c3ccc([N+](=O)[O-])cc3)s2)[C@@H]1c1ccc(F)cc1)c1ccco1. The second kappa shape index (κ2) is 9.32. The van der Waals surface area contributed by atoms with E-state index in [0.717, 1.165) is 47.5 Å². The van der Waals surface area contributed by atoms with Crippen LogP contribution in [0.4, 0.5) is 15.2 Å². The number of aliphatic hydroxyl groups is 1. The van der Waals surface area contributed by atoms with Gasteiger partial charge in [0.15, 0.2) is 16.7 Å². The maximum absolute atomic E-state index is 13.7. The Morgan fingerprint density at radius 1 is 1.13 bits per heavy atom. The van der Waals surface area contributed by atoms with Gasteiger partial charge in [-0.25, -0.2) is 17.8 Å². The van der Waals surface area contributed by atoms with Crippen LogP contribution in [0.1, 0.15) is 22.2 Å². The number of non-ortho nitro benzene ring substituents is 1. The first kappa shape index (κ1) is 25.0. The molecule has 14 heteroatoms. The van der Waals surface area contributed by atoms with Gasteiger partial charge in [-0.1, -0.05) is 23.5 Å². The van der Waals surface area contributed by atoms with Crippen LogP contribution in [-0.2, 0) is 14.6 Å². The van der Waals surface area contributed by atoms with Crippen LogP contribution in [0.5, 0.6) is 0 Å². The summed E-state index contributed by atoms with van der Waals surface area (Å²) in [5, 5.41) is 21.4. The number of rotatable bonds is 7. The van der Waals surface area contributed by atoms with E-state index in [2.05, 4.69) is 4.98 Å². The van der Waals surface area contributed by atoms with E-state index < -0.39 is 44.1 Å². The molecule has 1 atom stereocenters. The number of sulfone groups is 1. The molecule has 2 aromatic carbocycles. The standard InChI is InChI=1S/C24H14FN3O8S2/c25-14-5-3-13(4-6-14)20-19(21(29)17-2-1-11-36-17)22(30)23(31)27(20)24-26-12-18(37-24)38(34,35)16-9-7-15(8-10-16)28(32)33/h1-12,20,30H/t20-/m1/s1. The highest BCUT2D eigenvalue weighted by Gasteiger charge is 2.46. The highest BCUT2D eigenvalue weighted by atomic mass is 32.2. The molecular weight excluding hydrogens is 541 g/mol. The van der Waals surface area contributed by atoms with Crippen molar-refractivity contribution >= 4 is 43.7 Å². The number of aliphatic hydroxyl groups excluding tert-OH is 1. The Labute approximate surface area is 217 Å². The molecule has 0 fully saturated rings. The first-order valence-electron chi connectivity index (χ1n) is 10.7. The number of nitro groups is 1. The fourth-order valence-electron chi connectivity index (χ4n) is 3.88. The van der Waals surface area contributed by atoms with Gasteiger partial charge in [-0.3, -0.25) is 24.6 Å². The Morgan fingerprint density at radius 3 is 2.42 bits per heavy atom. The fraction of sp³-hybridized carbons (Fsp3) is 0.0417. The van der Waals surface area contributed by atoms with E-state index in [-0.39, 0.29) is 36.8 Å². The average molecular weight is 556 g/mol. The molecule has 0 spiro atoms. The minimum absolute atomic E-state index is 0.158. The van der Waals surface area contributed by atoms with Crippen molar-refractivity contribution in [2.24, 2.45) is 0 Å². The number of carbonyl (C=O) groups is 2. The van der Waals surface area contributed by atoms with Gasteiger partial charge in [0.25, 0.3) is 11.6 Å². The fourth-order valence-corrected chi connectivity index (χ4v) is 6.43. The lowest BCUT2D eigenvalue weighted by Gasteiger charge is -2.24. The van der Waals surface area contributed by atoms with Gasteiger partial charge in [-0.2, -0.15) is 0 Å². The van der Waals surface area contributed by atoms with Crippen LogP contribution in [0, 0.1) is 15.9 Å². The van der Waals surface area contributed by atoms with E-state index in [1.807, 2.05) is 0 Å². The highest BCUT2D eigenvalue weighted by molar-refractivity contribution is 7.93. The first-order valence-corrected chi connectivity index (χ1v) is 13.0. The lowest BCUT2D eigenvalue weighted by Crippen LogP contribution is -2.30. The normalized spacial score (nSPS) is 15.8. The number of nitrogens with zero attached hydrogens (tertiary/aromatic N) is 3. The number of anilines is 1. The lowest BCUT2D eigenvalue weighted by atomic mass is 9.95. The molecule has 38 heavy (non-hydrogen) atoms. The summed E-state index contributed by atoms with van der Waals surface area (Å²) < 4.78 is 44.8. The zero-order valence-electron chi connectivity index (χ0n) is 18.8. The molecule has 1 aliphatic rings. The van der Waals surface area contributed by atoms with Crippen molar-refractivity contribution in [3.8, 4) is 0 Å². The molecule has 1 aliphatic heterocycles. The smallest absolute Gasteiger partial charge is 0.296 e. The van der Waals surface area contributed by atoms with Gasteiger partial charge in [0.2, 0.25) is 15.6 Å². The lowest BCUT2D eigenvalue weighted by molar-refractivity contribution is -0.384. The van der Waals surface area contributed by atoms with Crippen molar-refractivity contribution in [2.45, 2.75) is 15.1 Å². The number of thiazole rings is 1. The van der Waals surface area contributed by atoms with Crippen molar-refractivity contribution in [3.05, 3.63) is 112 Å². The van der Waals surface area contributed by atoms with Crippen LogP contribution in [0.15, 0.2) is 98.0 Å². The van der Waals surface area contributed by atoms with Gasteiger partial charge in [-0.05, 0) is 42.0 Å². The third kappa shape index (κ3) is 4.14. The van der Waals surface area contributed by atoms with Gasteiger partial charge < -0.3 is 9.52 Å². The molecule has 3 heterocycles. The first-order chi connectivity index (χ1) is 18.1. The van der Waals surface area contributed by atoms with Crippen LogP contribution < -0.4 is 4.90 Å². The Morgan fingerprint density at radius 2 is 1.82 bits per heavy atom. The molecule has 4 aromatic rings. The molecule has 0 aliphatic carbocycles. The van der Waals surface area contributed by atoms with Gasteiger partial charge in [-0.15, -0.1) is 0 Å². The number of hydrogen-bond donors (Lipinski definition) is 1. The monoisotopic (exact) mass is 555 g/mol. The minimum Gasteiger partial charge on any atom is -0.503 e. The number of carbonyl (C=O) groups excluding carboxylic acids is 2. The number of furan rings is 1. The van der Waals surface area contributed by atoms with E-state index in [0.29, 0.717) is 11.3 Å². The average Bonchev–Trinajstić information content (AvgIpc) is 3.65. The molecule has 11 nitrogen and oxygen atoms in total. The van der Waals surface area contributed by atoms with Crippen molar-refractivity contribution in [1.29, 1.82) is 0 Å². The predicted octanol–water partition coefficient (Wildman–Crippen LogP) is 4.40. The maximum Gasteiger partial charge on any atom is 0.296 e. The molecule has 1 N–H and O–H groups in total. The number of amides is 1. The number of halogens is 1. The number of hydrogen-bond acceptors (Lipinski definition) is 10. The Hall–Kier alpha value is -4.69. The number of Topliss-reactive ketones (excluding diaryl/α,β-unsaturated/α-hetero) is 1. The molecular formula is C24H14FN3O8S2. The molecule has 1 amide bonds. The van der Waals surface area contributed by atoms with E-state index >= 15 is 0 Å². The van der Waals surface area contributed by atoms with E-state index in [1.165, 1.54) is 30.5 Å². The number of ketones is 1. The van der Waals surface area contributed by atoms with Gasteiger partial charge in [0.1, 0.15) is 10.0 Å². The summed E-state index contributed by atoms with van der Waals surface area (Å²) in [7, 11) is -4.19. The number of nitro benzene ring substituents is 1. The van der Waals surface area contributed by atoms with Gasteiger partial charge in [0.05, 0.1) is 33.9 Å². The molecule has 192 valence electrons. The summed E-state index contributed by atoms with van der Waals surface area (Å²) in [6.45, 7) is 0. The van der Waals surface area contributed by atoms with Crippen LogP contribution in [0.2, 0.25) is 0 Å². The molecule has 0 saturated carbocycles. The van der Waals surface area contributed by atoms with Gasteiger partial charge >= 0.3 is 0 Å². The van der Waals surface area contributed by atoms with Crippen molar-refractivity contribution < 1.29 is 36.8 Å². The second-order valence-corrected chi connectivity index (χ2v) is 11.1. The molecule has 0 unspecified atom stereocenters. The third-order valence-corrected chi connectivity index (χ3v) is 8.91. The zero-order valence-corrected chi connectivity index (χ0v) is 20.5. The maximum atomic E-state index is 13.7. The second-order valence-electron chi connectivity index (χ2n) is 7.91. The molecule has 2 aromatic heterocycles. The Balaban J connectivity index is 1.57.